The van der Waals surface area contributed by atoms with E-state index in [9.17, 15) is 9.59 Å². The Hall–Kier alpha value is -3.19. The van der Waals surface area contributed by atoms with E-state index in [0.717, 1.165) is 0 Å². The van der Waals surface area contributed by atoms with Crippen molar-refractivity contribution in [2.75, 3.05) is 11.9 Å². The first-order chi connectivity index (χ1) is 13.0. The topological polar surface area (TPSA) is 88.9 Å². The fraction of sp³-hybridized carbons (Fsp3) is 0.158. The summed E-state index contributed by atoms with van der Waals surface area (Å²) in [5.74, 6) is -0.540. The van der Waals surface area contributed by atoms with E-state index in [0.29, 0.717) is 34.2 Å². The van der Waals surface area contributed by atoms with E-state index in [1.54, 1.807) is 55.5 Å². The van der Waals surface area contributed by atoms with E-state index in [2.05, 4.69) is 20.8 Å². The fourth-order valence-electron chi connectivity index (χ4n) is 2.46. The Balaban J connectivity index is 1.76. The number of nitrogens with zero attached hydrogens (tertiary/aromatic N) is 3. The average Bonchev–Trinajstić information content (AvgIpc) is 3.04. The monoisotopic (exact) mass is 383 g/mol. The van der Waals surface area contributed by atoms with E-state index in [1.807, 2.05) is 6.92 Å². The Kier molecular flexibility index (Phi) is 5.52. The van der Waals surface area contributed by atoms with Crippen molar-refractivity contribution < 1.29 is 9.59 Å². The van der Waals surface area contributed by atoms with Crippen molar-refractivity contribution >= 4 is 29.1 Å². The first-order valence-corrected chi connectivity index (χ1v) is 8.75. The molecule has 8 heteroatoms. The van der Waals surface area contributed by atoms with E-state index in [4.69, 9.17) is 11.6 Å². The van der Waals surface area contributed by atoms with Crippen LogP contribution in [0.2, 0.25) is 5.02 Å². The molecule has 3 aromatic rings. The summed E-state index contributed by atoms with van der Waals surface area (Å²) in [5.41, 5.74) is 2.45. The second-order valence-electron chi connectivity index (χ2n) is 5.79. The van der Waals surface area contributed by atoms with Gasteiger partial charge >= 0.3 is 0 Å². The Morgan fingerprint density at radius 2 is 1.81 bits per heavy atom. The van der Waals surface area contributed by atoms with Crippen molar-refractivity contribution in [3.8, 4) is 5.69 Å². The number of amides is 2. The fourth-order valence-corrected chi connectivity index (χ4v) is 2.65. The van der Waals surface area contributed by atoms with Crippen LogP contribution in [-0.2, 0) is 0 Å². The van der Waals surface area contributed by atoms with Crippen molar-refractivity contribution in [3.63, 3.8) is 0 Å². The molecule has 0 aliphatic heterocycles. The second-order valence-corrected chi connectivity index (χ2v) is 6.23. The molecule has 7 nitrogen and oxygen atoms in total. The van der Waals surface area contributed by atoms with Gasteiger partial charge in [-0.15, -0.1) is 5.10 Å². The number of nitrogens with one attached hydrogen (secondary N) is 2. The molecular weight excluding hydrogens is 366 g/mol. The molecular formula is C19H18ClN5O2. The number of aromatic nitrogens is 3. The molecule has 2 aromatic carbocycles. The van der Waals surface area contributed by atoms with Gasteiger partial charge in [0.25, 0.3) is 11.8 Å². The molecule has 0 saturated heterocycles. The van der Waals surface area contributed by atoms with E-state index in [1.165, 1.54) is 4.80 Å². The SMILES string of the molecule is CCNC(=O)c1ccc(NC(=O)c2nn(-c3cccc(Cl)c3)nc2C)cc1. The van der Waals surface area contributed by atoms with Gasteiger partial charge in [-0.25, -0.2) is 0 Å². The Morgan fingerprint density at radius 3 is 2.48 bits per heavy atom. The van der Waals surface area contributed by atoms with Gasteiger partial charge in [-0.1, -0.05) is 17.7 Å². The van der Waals surface area contributed by atoms with Crippen molar-refractivity contribution in [3.05, 3.63) is 70.5 Å². The van der Waals surface area contributed by atoms with Crippen LogP contribution in [0, 0.1) is 6.92 Å². The molecule has 0 saturated carbocycles. The Bertz CT molecular complexity index is 982. The van der Waals surface area contributed by atoms with Crippen LogP contribution in [0.4, 0.5) is 5.69 Å². The number of aryl methyl sites for hydroxylation is 1. The predicted octanol–water partition coefficient (Wildman–Crippen LogP) is 3.23. The highest BCUT2D eigenvalue weighted by atomic mass is 35.5. The molecule has 0 unspecified atom stereocenters. The quantitative estimate of drug-likeness (QED) is 0.707. The van der Waals surface area contributed by atoms with E-state index in [-0.39, 0.29) is 17.5 Å². The highest BCUT2D eigenvalue weighted by Gasteiger charge is 2.17. The number of carbonyl (C=O) groups is 2. The van der Waals surface area contributed by atoms with Gasteiger partial charge in [-0.05, 0) is 56.3 Å². The lowest BCUT2D eigenvalue weighted by molar-refractivity contribution is 0.0955. The van der Waals surface area contributed by atoms with E-state index >= 15 is 0 Å². The summed E-state index contributed by atoms with van der Waals surface area (Å²) in [6.45, 7) is 4.12. The minimum absolute atomic E-state index is 0.157. The maximum absolute atomic E-state index is 12.5. The Labute approximate surface area is 161 Å². The van der Waals surface area contributed by atoms with Gasteiger partial charge in [0.05, 0.1) is 11.4 Å². The second kappa shape index (κ2) is 8.01. The van der Waals surface area contributed by atoms with Crippen LogP contribution in [0.1, 0.15) is 33.5 Å². The van der Waals surface area contributed by atoms with Crippen molar-refractivity contribution in [1.29, 1.82) is 0 Å². The molecule has 27 heavy (non-hydrogen) atoms. The molecule has 0 aliphatic carbocycles. The molecule has 2 N–H and O–H groups in total. The van der Waals surface area contributed by atoms with Gasteiger partial charge in [0, 0.05) is 22.8 Å². The maximum Gasteiger partial charge on any atom is 0.278 e. The molecule has 0 radical (unpaired) electrons. The minimum Gasteiger partial charge on any atom is -0.352 e. The lowest BCUT2D eigenvalue weighted by Gasteiger charge is -2.05. The standard InChI is InChI=1S/C19H18ClN5O2/c1-3-21-18(26)13-7-9-15(10-8-13)22-19(27)17-12(2)23-25(24-17)16-6-4-5-14(20)11-16/h4-11H,3H2,1-2H3,(H,21,26)(H,22,27). The zero-order valence-corrected chi connectivity index (χ0v) is 15.6. The normalized spacial score (nSPS) is 10.5. The summed E-state index contributed by atoms with van der Waals surface area (Å²) < 4.78 is 0. The van der Waals surface area contributed by atoms with Gasteiger partial charge < -0.3 is 10.6 Å². The average molecular weight is 384 g/mol. The summed E-state index contributed by atoms with van der Waals surface area (Å²) in [4.78, 5) is 25.7. The van der Waals surface area contributed by atoms with Gasteiger partial charge in [0.1, 0.15) is 0 Å². The third-order valence-corrected chi connectivity index (χ3v) is 4.01. The summed E-state index contributed by atoms with van der Waals surface area (Å²) in [5, 5.41) is 14.6. The highest BCUT2D eigenvalue weighted by Crippen LogP contribution is 2.16. The molecule has 138 valence electrons. The molecule has 0 bridgehead atoms. The third kappa shape index (κ3) is 4.32. The summed E-state index contributed by atoms with van der Waals surface area (Å²) in [7, 11) is 0. The van der Waals surface area contributed by atoms with Crippen LogP contribution in [0.3, 0.4) is 0 Å². The van der Waals surface area contributed by atoms with Gasteiger partial charge in [0.2, 0.25) is 0 Å². The predicted molar refractivity (Wildman–Crippen MR) is 104 cm³/mol. The minimum atomic E-state index is -0.383. The van der Waals surface area contributed by atoms with Crippen molar-refractivity contribution in [1.82, 2.24) is 20.3 Å². The summed E-state index contributed by atoms with van der Waals surface area (Å²) >= 11 is 5.99. The van der Waals surface area contributed by atoms with Gasteiger partial charge in [-0.2, -0.15) is 9.90 Å². The Morgan fingerprint density at radius 1 is 1.07 bits per heavy atom. The summed E-state index contributed by atoms with van der Waals surface area (Å²) in [6.07, 6.45) is 0. The van der Waals surface area contributed by atoms with Crippen LogP contribution in [-0.4, -0.2) is 33.4 Å². The number of halogens is 1. The number of benzene rings is 2. The summed E-state index contributed by atoms with van der Waals surface area (Å²) in [6, 6.07) is 13.7. The van der Waals surface area contributed by atoms with Crippen LogP contribution in [0.25, 0.3) is 5.69 Å². The van der Waals surface area contributed by atoms with E-state index < -0.39 is 0 Å². The molecule has 2 amide bonds. The van der Waals surface area contributed by atoms with Crippen LogP contribution in [0.5, 0.6) is 0 Å². The first kappa shape index (κ1) is 18.6. The van der Waals surface area contributed by atoms with Gasteiger partial charge in [0.15, 0.2) is 5.69 Å². The van der Waals surface area contributed by atoms with Gasteiger partial charge in [-0.3, -0.25) is 9.59 Å². The number of anilines is 1. The number of carbonyl (C=O) groups excluding carboxylic acids is 2. The number of hydrogen-bond acceptors (Lipinski definition) is 4. The van der Waals surface area contributed by atoms with Crippen molar-refractivity contribution in [2.24, 2.45) is 0 Å². The zero-order valence-electron chi connectivity index (χ0n) is 14.9. The number of rotatable bonds is 5. The van der Waals surface area contributed by atoms with Crippen molar-refractivity contribution in [2.45, 2.75) is 13.8 Å². The third-order valence-electron chi connectivity index (χ3n) is 3.78. The number of hydrogen-bond donors (Lipinski definition) is 2. The highest BCUT2D eigenvalue weighted by molar-refractivity contribution is 6.30. The zero-order chi connectivity index (χ0) is 19.4. The van der Waals surface area contributed by atoms with Crippen LogP contribution < -0.4 is 10.6 Å². The molecule has 0 atom stereocenters. The largest absolute Gasteiger partial charge is 0.352 e. The smallest absolute Gasteiger partial charge is 0.278 e. The lowest BCUT2D eigenvalue weighted by atomic mass is 10.2. The maximum atomic E-state index is 12.5. The van der Waals surface area contributed by atoms with Crippen LogP contribution in [0.15, 0.2) is 48.5 Å². The molecule has 0 fully saturated rings. The molecule has 1 heterocycles. The molecule has 0 aliphatic rings. The lowest BCUT2D eigenvalue weighted by Crippen LogP contribution is -2.22. The molecule has 0 spiro atoms. The molecule has 1 aromatic heterocycles. The molecule has 3 rings (SSSR count). The first-order valence-electron chi connectivity index (χ1n) is 8.37. The van der Waals surface area contributed by atoms with Crippen LogP contribution >= 0.6 is 11.6 Å².